The number of hydrogen-bond donors (Lipinski definition) is 1. The fourth-order valence-electron chi connectivity index (χ4n) is 1.28. The summed E-state index contributed by atoms with van der Waals surface area (Å²) in [5.41, 5.74) is 0. The van der Waals surface area contributed by atoms with E-state index in [1.165, 1.54) is 32.2 Å². The highest BCUT2D eigenvalue weighted by Gasteiger charge is 2.19. The van der Waals surface area contributed by atoms with E-state index in [2.05, 4.69) is 12.2 Å². The summed E-state index contributed by atoms with van der Waals surface area (Å²) in [7, 11) is 1.77. The summed E-state index contributed by atoms with van der Waals surface area (Å²) < 4.78 is 5.03. The molecule has 1 N–H and O–H groups in total. The first-order valence-corrected chi connectivity index (χ1v) is 5.05. The Labute approximate surface area is 75.7 Å². The molecule has 2 nitrogen and oxygen atoms in total. The molecule has 0 aromatic carbocycles. The van der Waals surface area contributed by atoms with Crippen LogP contribution in [0.5, 0.6) is 0 Å². The van der Waals surface area contributed by atoms with Crippen LogP contribution in [0.25, 0.3) is 0 Å². The maximum atomic E-state index is 5.03. The molecule has 0 aliphatic heterocycles. The molecular formula is C10H21NO. The summed E-state index contributed by atoms with van der Waals surface area (Å²) in [6, 6.07) is 0.861. The van der Waals surface area contributed by atoms with Gasteiger partial charge in [-0.25, -0.2) is 0 Å². The van der Waals surface area contributed by atoms with Gasteiger partial charge in [-0.2, -0.15) is 0 Å². The zero-order valence-electron chi connectivity index (χ0n) is 8.31. The van der Waals surface area contributed by atoms with Gasteiger partial charge in [0.2, 0.25) is 0 Å². The molecule has 2 heteroatoms. The predicted octanol–water partition coefficient (Wildman–Crippen LogP) is 1.80. The third-order valence-electron chi connectivity index (χ3n) is 2.46. The Balaban J connectivity index is 1.83. The van der Waals surface area contributed by atoms with Crippen molar-refractivity contribution in [3.05, 3.63) is 0 Å². The summed E-state index contributed by atoms with van der Waals surface area (Å²) >= 11 is 0. The fourth-order valence-corrected chi connectivity index (χ4v) is 1.28. The first-order chi connectivity index (χ1) is 5.83. The molecule has 0 aromatic rings. The molecule has 1 aliphatic rings. The Morgan fingerprint density at radius 2 is 2.17 bits per heavy atom. The van der Waals surface area contributed by atoms with Crippen molar-refractivity contribution in [3.8, 4) is 0 Å². The summed E-state index contributed by atoms with van der Waals surface area (Å²) in [5.74, 6) is 0.802. The Morgan fingerprint density at radius 1 is 1.42 bits per heavy atom. The van der Waals surface area contributed by atoms with Crippen LogP contribution >= 0.6 is 0 Å². The standard InChI is InChI=1S/C10H21NO/c1-9(6-8-12-2)5-7-11-10-3-4-10/h9-11H,3-8H2,1-2H3. The van der Waals surface area contributed by atoms with Gasteiger partial charge in [-0.05, 0) is 38.1 Å². The van der Waals surface area contributed by atoms with Crippen molar-refractivity contribution in [1.29, 1.82) is 0 Å². The smallest absolute Gasteiger partial charge is 0.0464 e. The molecule has 0 heterocycles. The Hall–Kier alpha value is -0.0800. The van der Waals surface area contributed by atoms with Crippen LogP contribution in [-0.2, 0) is 4.74 Å². The molecular weight excluding hydrogens is 150 g/mol. The molecule has 0 radical (unpaired) electrons. The van der Waals surface area contributed by atoms with Crippen molar-refractivity contribution in [1.82, 2.24) is 5.32 Å². The second-order valence-corrected chi connectivity index (χ2v) is 3.90. The summed E-state index contributed by atoms with van der Waals surface area (Å²) in [5, 5.41) is 3.52. The van der Waals surface area contributed by atoms with Crippen molar-refractivity contribution in [2.75, 3.05) is 20.3 Å². The van der Waals surface area contributed by atoms with Gasteiger partial charge in [-0.15, -0.1) is 0 Å². The monoisotopic (exact) mass is 171 g/mol. The van der Waals surface area contributed by atoms with Gasteiger partial charge in [0.25, 0.3) is 0 Å². The molecule has 1 saturated carbocycles. The second-order valence-electron chi connectivity index (χ2n) is 3.90. The molecule has 72 valence electrons. The van der Waals surface area contributed by atoms with Crippen molar-refractivity contribution in [2.45, 2.75) is 38.6 Å². The largest absolute Gasteiger partial charge is 0.385 e. The highest BCUT2D eigenvalue weighted by Crippen LogP contribution is 2.18. The number of hydrogen-bond acceptors (Lipinski definition) is 2. The van der Waals surface area contributed by atoms with Crippen LogP contribution in [0.15, 0.2) is 0 Å². The molecule has 0 amide bonds. The van der Waals surface area contributed by atoms with E-state index in [1.807, 2.05) is 0 Å². The van der Waals surface area contributed by atoms with Crippen LogP contribution in [0.4, 0.5) is 0 Å². The lowest BCUT2D eigenvalue weighted by Crippen LogP contribution is -2.19. The molecule has 1 rings (SSSR count). The maximum absolute atomic E-state index is 5.03. The minimum Gasteiger partial charge on any atom is -0.385 e. The Morgan fingerprint density at radius 3 is 2.75 bits per heavy atom. The Kier molecular flexibility index (Phi) is 4.62. The molecule has 0 spiro atoms. The van der Waals surface area contributed by atoms with Crippen molar-refractivity contribution in [3.63, 3.8) is 0 Å². The van der Waals surface area contributed by atoms with E-state index in [0.717, 1.165) is 18.6 Å². The second kappa shape index (κ2) is 5.55. The van der Waals surface area contributed by atoms with Gasteiger partial charge in [0.15, 0.2) is 0 Å². The Bertz CT molecular complexity index is 112. The predicted molar refractivity (Wildman–Crippen MR) is 51.3 cm³/mol. The maximum Gasteiger partial charge on any atom is 0.0464 e. The molecule has 0 aromatic heterocycles. The minimum atomic E-state index is 0.802. The van der Waals surface area contributed by atoms with Gasteiger partial charge in [-0.1, -0.05) is 6.92 Å². The number of nitrogens with one attached hydrogen (secondary N) is 1. The van der Waals surface area contributed by atoms with Crippen LogP contribution < -0.4 is 5.32 Å². The lowest BCUT2D eigenvalue weighted by Gasteiger charge is -2.10. The minimum absolute atomic E-state index is 0.802. The van der Waals surface area contributed by atoms with Gasteiger partial charge in [0.1, 0.15) is 0 Å². The van der Waals surface area contributed by atoms with Crippen LogP contribution in [0.2, 0.25) is 0 Å². The highest BCUT2D eigenvalue weighted by molar-refractivity contribution is 4.80. The van der Waals surface area contributed by atoms with Crippen LogP contribution in [0, 0.1) is 5.92 Å². The number of methoxy groups -OCH3 is 1. The molecule has 12 heavy (non-hydrogen) atoms. The number of rotatable bonds is 7. The van der Waals surface area contributed by atoms with Gasteiger partial charge >= 0.3 is 0 Å². The van der Waals surface area contributed by atoms with E-state index in [9.17, 15) is 0 Å². The lowest BCUT2D eigenvalue weighted by molar-refractivity contribution is 0.178. The number of ether oxygens (including phenoxy) is 1. The third-order valence-corrected chi connectivity index (χ3v) is 2.46. The highest BCUT2D eigenvalue weighted by atomic mass is 16.5. The van der Waals surface area contributed by atoms with E-state index in [-0.39, 0.29) is 0 Å². The van der Waals surface area contributed by atoms with Crippen molar-refractivity contribution in [2.24, 2.45) is 5.92 Å². The third kappa shape index (κ3) is 4.73. The lowest BCUT2D eigenvalue weighted by atomic mass is 10.0. The quantitative estimate of drug-likeness (QED) is 0.630. The van der Waals surface area contributed by atoms with E-state index < -0.39 is 0 Å². The molecule has 1 unspecified atom stereocenters. The van der Waals surface area contributed by atoms with E-state index in [0.29, 0.717) is 0 Å². The summed E-state index contributed by atoms with van der Waals surface area (Å²) in [4.78, 5) is 0. The van der Waals surface area contributed by atoms with Gasteiger partial charge in [0, 0.05) is 19.8 Å². The normalized spacial score (nSPS) is 19.5. The van der Waals surface area contributed by atoms with Crippen LogP contribution in [0.3, 0.4) is 0 Å². The molecule has 1 atom stereocenters. The van der Waals surface area contributed by atoms with Crippen molar-refractivity contribution >= 4 is 0 Å². The van der Waals surface area contributed by atoms with Crippen LogP contribution in [-0.4, -0.2) is 26.3 Å². The zero-order chi connectivity index (χ0) is 8.81. The van der Waals surface area contributed by atoms with Gasteiger partial charge < -0.3 is 10.1 Å². The molecule has 1 fully saturated rings. The zero-order valence-corrected chi connectivity index (χ0v) is 8.31. The van der Waals surface area contributed by atoms with E-state index in [1.54, 1.807) is 7.11 Å². The van der Waals surface area contributed by atoms with Crippen LogP contribution in [0.1, 0.15) is 32.6 Å². The fraction of sp³-hybridized carbons (Fsp3) is 1.00. The van der Waals surface area contributed by atoms with E-state index >= 15 is 0 Å². The molecule has 0 saturated heterocycles. The first kappa shape index (κ1) is 10.0. The topological polar surface area (TPSA) is 21.3 Å². The average Bonchev–Trinajstić information content (AvgIpc) is 2.84. The van der Waals surface area contributed by atoms with Gasteiger partial charge in [-0.3, -0.25) is 0 Å². The van der Waals surface area contributed by atoms with Crippen molar-refractivity contribution < 1.29 is 4.74 Å². The molecule has 1 aliphatic carbocycles. The molecule has 0 bridgehead atoms. The summed E-state index contributed by atoms with van der Waals surface area (Å²) in [6.07, 6.45) is 5.28. The first-order valence-electron chi connectivity index (χ1n) is 5.05. The average molecular weight is 171 g/mol. The van der Waals surface area contributed by atoms with Gasteiger partial charge in [0.05, 0.1) is 0 Å². The van der Waals surface area contributed by atoms with E-state index in [4.69, 9.17) is 4.74 Å². The summed E-state index contributed by atoms with van der Waals surface area (Å²) in [6.45, 7) is 4.40. The SMILES string of the molecule is COCCC(C)CCNC1CC1.